The Balaban J connectivity index is 2.34. The standard InChI is InChI=1S/C12H8Br2ClN3O/c13-8-2-1-3-9(14)10(8)18-12(19)7-4-6(16)5-17-11(7)15/h1-5H,16H2,(H,18,19). The normalized spacial score (nSPS) is 10.3. The average molecular weight is 405 g/mol. The number of halogens is 3. The van der Waals surface area contributed by atoms with Gasteiger partial charge in [-0.1, -0.05) is 17.7 Å². The molecule has 0 aliphatic carbocycles. The molecule has 1 heterocycles. The van der Waals surface area contributed by atoms with Crippen molar-refractivity contribution < 1.29 is 4.79 Å². The first-order valence-corrected chi connectivity index (χ1v) is 7.12. The maximum Gasteiger partial charge on any atom is 0.258 e. The van der Waals surface area contributed by atoms with Crippen LogP contribution in [-0.4, -0.2) is 10.9 Å². The van der Waals surface area contributed by atoms with Crippen LogP contribution in [0.5, 0.6) is 0 Å². The molecule has 3 N–H and O–H groups in total. The highest BCUT2D eigenvalue weighted by molar-refractivity contribution is 9.11. The van der Waals surface area contributed by atoms with Gasteiger partial charge in [-0.3, -0.25) is 4.79 Å². The molecule has 0 unspecified atom stereocenters. The summed E-state index contributed by atoms with van der Waals surface area (Å²) in [6, 6.07) is 6.97. The Kier molecular flexibility index (Phi) is 4.44. The molecule has 0 saturated carbocycles. The van der Waals surface area contributed by atoms with Gasteiger partial charge in [-0.05, 0) is 50.1 Å². The van der Waals surface area contributed by atoms with Gasteiger partial charge < -0.3 is 11.1 Å². The van der Waals surface area contributed by atoms with Gasteiger partial charge in [0.1, 0.15) is 5.15 Å². The molecular weight excluding hydrogens is 397 g/mol. The van der Waals surface area contributed by atoms with Crippen LogP contribution in [0.2, 0.25) is 5.15 Å². The topological polar surface area (TPSA) is 68.0 Å². The summed E-state index contributed by atoms with van der Waals surface area (Å²) >= 11 is 12.6. The first-order chi connectivity index (χ1) is 8.99. The number of para-hydroxylation sites is 1. The molecule has 1 aromatic carbocycles. The van der Waals surface area contributed by atoms with Crippen molar-refractivity contribution >= 4 is 60.7 Å². The highest BCUT2D eigenvalue weighted by Crippen LogP contribution is 2.31. The lowest BCUT2D eigenvalue weighted by molar-refractivity contribution is 0.102. The first-order valence-electron chi connectivity index (χ1n) is 5.15. The lowest BCUT2D eigenvalue weighted by Gasteiger charge is -2.10. The number of hydrogen-bond acceptors (Lipinski definition) is 3. The lowest BCUT2D eigenvalue weighted by atomic mass is 10.2. The number of carbonyl (C=O) groups excluding carboxylic acids is 1. The van der Waals surface area contributed by atoms with Crippen LogP contribution < -0.4 is 11.1 Å². The molecule has 0 aliphatic heterocycles. The van der Waals surface area contributed by atoms with Crippen LogP contribution in [0.4, 0.5) is 11.4 Å². The number of benzene rings is 1. The Morgan fingerprint density at radius 3 is 2.58 bits per heavy atom. The predicted molar refractivity (Wildman–Crippen MR) is 83.5 cm³/mol. The van der Waals surface area contributed by atoms with Crippen LogP contribution in [0, 0.1) is 0 Å². The van der Waals surface area contributed by atoms with Gasteiger partial charge in [-0.15, -0.1) is 0 Å². The molecule has 7 heteroatoms. The zero-order valence-electron chi connectivity index (χ0n) is 9.45. The number of anilines is 2. The van der Waals surface area contributed by atoms with Crippen LogP contribution in [0.15, 0.2) is 39.4 Å². The van der Waals surface area contributed by atoms with E-state index in [-0.39, 0.29) is 16.6 Å². The third-order valence-electron chi connectivity index (χ3n) is 2.31. The van der Waals surface area contributed by atoms with Crippen LogP contribution in [0.25, 0.3) is 0 Å². The number of nitrogens with one attached hydrogen (secondary N) is 1. The van der Waals surface area contributed by atoms with Gasteiger partial charge in [-0.25, -0.2) is 4.98 Å². The van der Waals surface area contributed by atoms with Gasteiger partial charge in [0, 0.05) is 8.95 Å². The monoisotopic (exact) mass is 403 g/mol. The Morgan fingerprint density at radius 1 is 1.32 bits per heavy atom. The highest BCUT2D eigenvalue weighted by Gasteiger charge is 2.15. The van der Waals surface area contributed by atoms with E-state index in [1.165, 1.54) is 12.3 Å². The van der Waals surface area contributed by atoms with Crippen LogP contribution in [0.3, 0.4) is 0 Å². The third-order valence-corrected chi connectivity index (χ3v) is 3.93. The van der Waals surface area contributed by atoms with E-state index in [4.69, 9.17) is 17.3 Å². The minimum atomic E-state index is -0.377. The Bertz CT molecular complexity index is 629. The molecule has 0 fully saturated rings. The second-order valence-corrected chi connectivity index (χ2v) is 5.72. The molecule has 0 spiro atoms. The molecular formula is C12H8Br2ClN3O. The minimum absolute atomic E-state index is 0.106. The van der Waals surface area contributed by atoms with Crippen molar-refractivity contribution in [3.05, 3.63) is 50.1 Å². The maximum atomic E-state index is 12.2. The minimum Gasteiger partial charge on any atom is -0.397 e. The van der Waals surface area contributed by atoms with Crippen molar-refractivity contribution in [3.8, 4) is 0 Å². The molecule has 0 bridgehead atoms. The van der Waals surface area contributed by atoms with E-state index >= 15 is 0 Å². The Morgan fingerprint density at radius 2 is 1.95 bits per heavy atom. The highest BCUT2D eigenvalue weighted by atomic mass is 79.9. The fourth-order valence-electron chi connectivity index (χ4n) is 1.42. The maximum absolute atomic E-state index is 12.2. The van der Waals surface area contributed by atoms with E-state index < -0.39 is 0 Å². The molecule has 98 valence electrons. The fraction of sp³-hybridized carbons (Fsp3) is 0. The van der Waals surface area contributed by atoms with E-state index in [0.717, 1.165) is 8.95 Å². The van der Waals surface area contributed by atoms with Gasteiger partial charge in [0.15, 0.2) is 0 Å². The van der Waals surface area contributed by atoms with Crippen LogP contribution >= 0.6 is 43.5 Å². The average Bonchev–Trinajstić information content (AvgIpc) is 2.37. The quantitative estimate of drug-likeness (QED) is 0.740. The van der Waals surface area contributed by atoms with Gasteiger partial charge in [0.2, 0.25) is 0 Å². The predicted octanol–water partition coefficient (Wildman–Crippen LogP) is 4.09. The molecule has 0 radical (unpaired) electrons. The summed E-state index contributed by atoms with van der Waals surface area (Å²) in [6.07, 6.45) is 1.40. The van der Waals surface area contributed by atoms with Crippen LogP contribution in [0.1, 0.15) is 10.4 Å². The molecule has 4 nitrogen and oxygen atoms in total. The SMILES string of the molecule is Nc1cnc(Cl)c(C(=O)Nc2c(Br)cccc2Br)c1. The summed E-state index contributed by atoms with van der Waals surface area (Å²) in [5.74, 6) is -0.377. The number of pyridine rings is 1. The van der Waals surface area contributed by atoms with Gasteiger partial charge in [0.25, 0.3) is 5.91 Å². The molecule has 2 rings (SSSR count). The molecule has 1 aromatic heterocycles. The number of rotatable bonds is 2. The summed E-state index contributed by atoms with van der Waals surface area (Å²) in [5, 5.41) is 2.86. The van der Waals surface area contributed by atoms with E-state index in [0.29, 0.717) is 11.4 Å². The van der Waals surface area contributed by atoms with Crippen molar-refractivity contribution in [2.75, 3.05) is 11.1 Å². The van der Waals surface area contributed by atoms with Crippen molar-refractivity contribution in [2.24, 2.45) is 0 Å². The second-order valence-electron chi connectivity index (χ2n) is 3.66. The molecule has 0 aliphatic rings. The molecule has 1 amide bonds. The summed E-state index contributed by atoms with van der Waals surface area (Å²) < 4.78 is 1.51. The number of nitrogens with two attached hydrogens (primary N) is 1. The lowest BCUT2D eigenvalue weighted by Crippen LogP contribution is -2.14. The van der Waals surface area contributed by atoms with Gasteiger partial charge >= 0.3 is 0 Å². The van der Waals surface area contributed by atoms with E-state index in [1.807, 2.05) is 18.2 Å². The largest absolute Gasteiger partial charge is 0.397 e. The van der Waals surface area contributed by atoms with Crippen LogP contribution in [-0.2, 0) is 0 Å². The van der Waals surface area contributed by atoms with Crippen molar-refractivity contribution in [2.45, 2.75) is 0 Å². The number of amides is 1. The van der Waals surface area contributed by atoms with Crippen molar-refractivity contribution in [1.29, 1.82) is 0 Å². The number of nitrogens with zero attached hydrogens (tertiary/aromatic N) is 1. The fourth-order valence-corrected chi connectivity index (χ4v) is 2.81. The van der Waals surface area contributed by atoms with Gasteiger partial charge in [0.05, 0.1) is 23.1 Å². The summed E-state index contributed by atoms with van der Waals surface area (Å²) in [6.45, 7) is 0. The number of carbonyl (C=O) groups is 1. The Labute approximate surface area is 131 Å². The van der Waals surface area contributed by atoms with Crippen molar-refractivity contribution in [3.63, 3.8) is 0 Å². The smallest absolute Gasteiger partial charge is 0.258 e. The Hall–Kier alpha value is -1.11. The number of hydrogen-bond donors (Lipinski definition) is 2. The van der Waals surface area contributed by atoms with E-state index in [2.05, 4.69) is 42.2 Å². The zero-order chi connectivity index (χ0) is 14.0. The van der Waals surface area contributed by atoms with Gasteiger partial charge in [-0.2, -0.15) is 0 Å². The molecule has 0 atom stereocenters. The third kappa shape index (κ3) is 3.26. The molecule has 19 heavy (non-hydrogen) atoms. The van der Waals surface area contributed by atoms with E-state index in [9.17, 15) is 4.79 Å². The number of aromatic nitrogens is 1. The zero-order valence-corrected chi connectivity index (χ0v) is 13.4. The molecule has 0 saturated heterocycles. The van der Waals surface area contributed by atoms with Crippen molar-refractivity contribution in [1.82, 2.24) is 4.98 Å². The number of nitrogen functional groups attached to an aromatic ring is 1. The van der Waals surface area contributed by atoms with E-state index in [1.54, 1.807) is 0 Å². The molecule has 2 aromatic rings. The second kappa shape index (κ2) is 5.90. The summed E-state index contributed by atoms with van der Waals surface area (Å²) in [7, 11) is 0. The summed E-state index contributed by atoms with van der Waals surface area (Å²) in [5.41, 5.74) is 6.82. The summed E-state index contributed by atoms with van der Waals surface area (Å²) in [4.78, 5) is 16.0. The first kappa shape index (κ1) is 14.3.